The van der Waals surface area contributed by atoms with Crippen molar-refractivity contribution in [3.63, 3.8) is 0 Å². The van der Waals surface area contributed by atoms with Crippen LogP contribution in [0.4, 0.5) is 0 Å². The van der Waals surface area contributed by atoms with Gasteiger partial charge in [0, 0.05) is 22.8 Å². The van der Waals surface area contributed by atoms with Gasteiger partial charge in [-0.05, 0) is 32.8 Å². The van der Waals surface area contributed by atoms with Crippen molar-refractivity contribution in [2.75, 3.05) is 13.6 Å². The molecular weight excluding hydrogens is 284 g/mol. The standard InChI is InChI=1S/C12H18N2O3S2/c1-8-6-11(9(2)18-8)19(16,17)14(3)7-12(15)13-10-4-5-10/h6,10H,4-5,7H2,1-3H3,(H,13,15). The van der Waals surface area contributed by atoms with Gasteiger partial charge in [0.1, 0.15) is 0 Å². The molecule has 1 saturated carbocycles. The molecule has 0 bridgehead atoms. The Balaban J connectivity index is 2.09. The van der Waals surface area contributed by atoms with E-state index in [1.54, 1.807) is 13.0 Å². The molecule has 2 rings (SSSR count). The van der Waals surface area contributed by atoms with E-state index in [1.165, 1.54) is 18.4 Å². The molecule has 0 aliphatic heterocycles. The number of amides is 1. The Morgan fingerprint density at radius 1 is 1.47 bits per heavy atom. The third-order valence-electron chi connectivity index (χ3n) is 2.99. The van der Waals surface area contributed by atoms with Crippen LogP contribution in [0.5, 0.6) is 0 Å². The van der Waals surface area contributed by atoms with Crippen LogP contribution in [-0.4, -0.2) is 38.3 Å². The van der Waals surface area contributed by atoms with Gasteiger partial charge in [-0.1, -0.05) is 0 Å². The lowest BCUT2D eigenvalue weighted by Gasteiger charge is -2.16. The number of thiophene rings is 1. The molecule has 1 aliphatic carbocycles. The molecule has 1 aromatic rings. The molecule has 19 heavy (non-hydrogen) atoms. The highest BCUT2D eigenvalue weighted by Gasteiger charge is 2.28. The summed E-state index contributed by atoms with van der Waals surface area (Å²) in [6, 6.07) is 1.90. The number of hydrogen-bond acceptors (Lipinski definition) is 4. The van der Waals surface area contributed by atoms with Crippen LogP contribution in [0.1, 0.15) is 22.6 Å². The van der Waals surface area contributed by atoms with Crippen molar-refractivity contribution in [1.82, 2.24) is 9.62 Å². The molecule has 1 fully saturated rings. The van der Waals surface area contributed by atoms with Crippen LogP contribution in [0.25, 0.3) is 0 Å². The highest BCUT2D eigenvalue weighted by Crippen LogP contribution is 2.27. The minimum Gasteiger partial charge on any atom is -0.352 e. The van der Waals surface area contributed by atoms with E-state index >= 15 is 0 Å². The third-order valence-corrected chi connectivity index (χ3v) is 6.02. The van der Waals surface area contributed by atoms with Crippen LogP contribution in [0.3, 0.4) is 0 Å². The van der Waals surface area contributed by atoms with E-state index < -0.39 is 10.0 Å². The normalized spacial score (nSPS) is 15.8. The molecule has 0 spiro atoms. The summed E-state index contributed by atoms with van der Waals surface area (Å²) in [5.41, 5.74) is 0. The summed E-state index contributed by atoms with van der Waals surface area (Å²) in [4.78, 5) is 13.7. The second-order valence-electron chi connectivity index (χ2n) is 4.88. The smallest absolute Gasteiger partial charge is 0.244 e. The van der Waals surface area contributed by atoms with Crippen molar-refractivity contribution in [2.45, 2.75) is 37.6 Å². The first kappa shape index (κ1) is 14.5. The number of nitrogens with zero attached hydrogens (tertiary/aromatic N) is 1. The minimum absolute atomic E-state index is 0.132. The maximum Gasteiger partial charge on any atom is 0.244 e. The Hall–Kier alpha value is -0.920. The first-order valence-electron chi connectivity index (χ1n) is 6.13. The Morgan fingerprint density at radius 3 is 2.58 bits per heavy atom. The fourth-order valence-electron chi connectivity index (χ4n) is 1.82. The zero-order chi connectivity index (χ0) is 14.2. The molecule has 1 heterocycles. The SMILES string of the molecule is Cc1cc(S(=O)(=O)N(C)CC(=O)NC2CC2)c(C)s1. The molecule has 1 amide bonds. The van der Waals surface area contributed by atoms with E-state index in [0.717, 1.165) is 26.9 Å². The molecule has 0 unspecified atom stereocenters. The summed E-state index contributed by atoms with van der Waals surface area (Å²) in [6.07, 6.45) is 1.98. The molecule has 1 N–H and O–H groups in total. The van der Waals surface area contributed by atoms with Gasteiger partial charge in [0.25, 0.3) is 0 Å². The van der Waals surface area contributed by atoms with Gasteiger partial charge < -0.3 is 5.32 Å². The number of hydrogen-bond donors (Lipinski definition) is 1. The molecule has 5 nitrogen and oxygen atoms in total. The monoisotopic (exact) mass is 302 g/mol. The molecule has 0 aromatic carbocycles. The van der Waals surface area contributed by atoms with Crippen molar-refractivity contribution >= 4 is 27.3 Å². The largest absolute Gasteiger partial charge is 0.352 e. The van der Waals surface area contributed by atoms with Crippen molar-refractivity contribution in [1.29, 1.82) is 0 Å². The van der Waals surface area contributed by atoms with E-state index in [9.17, 15) is 13.2 Å². The molecule has 0 saturated heterocycles. The molecule has 0 radical (unpaired) electrons. The fraction of sp³-hybridized carbons (Fsp3) is 0.583. The Morgan fingerprint density at radius 2 is 2.11 bits per heavy atom. The lowest BCUT2D eigenvalue weighted by Crippen LogP contribution is -2.39. The number of rotatable bonds is 5. The Kier molecular flexibility index (Phi) is 3.98. The van der Waals surface area contributed by atoms with Gasteiger partial charge in [0.15, 0.2) is 0 Å². The van der Waals surface area contributed by atoms with Crippen LogP contribution < -0.4 is 5.32 Å². The lowest BCUT2D eigenvalue weighted by molar-refractivity contribution is -0.121. The topological polar surface area (TPSA) is 66.5 Å². The predicted molar refractivity (Wildman–Crippen MR) is 74.8 cm³/mol. The summed E-state index contributed by atoms with van der Waals surface area (Å²) >= 11 is 1.45. The quantitative estimate of drug-likeness (QED) is 0.890. The average molecular weight is 302 g/mol. The highest BCUT2D eigenvalue weighted by molar-refractivity contribution is 7.89. The first-order chi connectivity index (χ1) is 8.80. The van der Waals surface area contributed by atoms with E-state index in [1.807, 2.05) is 6.92 Å². The van der Waals surface area contributed by atoms with E-state index in [-0.39, 0.29) is 18.5 Å². The van der Waals surface area contributed by atoms with Gasteiger partial charge >= 0.3 is 0 Å². The number of sulfonamides is 1. The van der Waals surface area contributed by atoms with Gasteiger partial charge in [-0.3, -0.25) is 4.79 Å². The van der Waals surface area contributed by atoms with Crippen LogP contribution >= 0.6 is 11.3 Å². The second-order valence-corrected chi connectivity index (χ2v) is 8.35. The summed E-state index contributed by atoms with van der Waals surface area (Å²) in [5, 5.41) is 2.79. The maximum atomic E-state index is 12.4. The zero-order valence-corrected chi connectivity index (χ0v) is 12.9. The van der Waals surface area contributed by atoms with Gasteiger partial charge in [0.05, 0.1) is 11.4 Å². The first-order valence-corrected chi connectivity index (χ1v) is 8.39. The summed E-state index contributed by atoms with van der Waals surface area (Å²) < 4.78 is 25.8. The van der Waals surface area contributed by atoms with Crippen LogP contribution in [0.15, 0.2) is 11.0 Å². The van der Waals surface area contributed by atoms with Crippen LogP contribution in [0.2, 0.25) is 0 Å². The average Bonchev–Trinajstić information content (AvgIpc) is 3.02. The molecular formula is C12H18N2O3S2. The molecule has 1 aromatic heterocycles. The number of nitrogens with one attached hydrogen (secondary N) is 1. The number of carbonyl (C=O) groups is 1. The van der Waals surface area contributed by atoms with E-state index in [0.29, 0.717) is 4.90 Å². The maximum absolute atomic E-state index is 12.4. The number of aryl methyl sites for hydroxylation is 2. The minimum atomic E-state index is -3.58. The van der Waals surface area contributed by atoms with Crippen molar-refractivity contribution in [2.24, 2.45) is 0 Å². The van der Waals surface area contributed by atoms with Crippen molar-refractivity contribution < 1.29 is 13.2 Å². The van der Waals surface area contributed by atoms with Crippen LogP contribution in [-0.2, 0) is 14.8 Å². The van der Waals surface area contributed by atoms with Crippen LogP contribution in [0, 0.1) is 13.8 Å². The van der Waals surface area contributed by atoms with Gasteiger partial charge in [-0.15, -0.1) is 11.3 Å². The zero-order valence-electron chi connectivity index (χ0n) is 11.3. The molecule has 0 atom stereocenters. The molecule has 106 valence electrons. The van der Waals surface area contributed by atoms with Gasteiger partial charge in [0.2, 0.25) is 15.9 Å². The van der Waals surface area contributed by atoms with Crippen molar-refractivity contribution in [3.8, 4) is 0 Å². The van der Waals surface area contributed by atoms with Gasteiger partial charge in [-0.2, -0.15) is 4.31 Å². The van der Waals surface area contributed by atoms with Crippen molar-refractivity contribution in [3.05, 3.63) is 15.8 Å². The Bertz CT molecular complexity index is 588. The second kappa shape index (κ2) is 5.22. The summed E-state index contributed by atoms with van der Waals surface area (Å²) in [7, 11) is -2.14. The van der Waals surface area contributed by atoms with E-state index in [2.05, 4.69) is 5.32 Å². The fourth-order valence-corrected chi connectivity index (χ4v) is 4.47. The van der Waals surface area contributed by atoms with E-state index in [4.69, 9.17) is 0 Å². The predicted octanol–water partition coefficient (Wildman–Crippen LogP) is 1.26. The summed E-state index contributed by atoms with van der Waals surface area (Å²) in [5.74, 6) is -0.238. The number of carbonyl (C=O) groups excluding carboxylic acids is 1. The highest BCUT2D eigenvalue weighted by atomic mass is 32.2. The molecule has 7 heteroatoms. The number of likely N-dealkylation sites (N-methyl/N-ethyl adjacent to an activating group) is 1. The summed E-state index contributed by atoms with van der Waals surface area (Å²) in [6.45, 7) is 3.52. The lowest BCUT2D eigenvalue weighted by atomic mass is 10.4. The third kappa shape index (κ3) is 3.34. The molecule has 1 aliphatic rings. The Labute approximate surface area is 117 Å². The van der Waals surface area contributed by atoms with Gasteiger partial charge in [-0.25, -0.2) is 8.42 Å².